The van der Waals surface area contributed by atoms with E-state index in [1.54, 1.807) is 11.0 Å². The molecular weight excluding hydrogens is 368 g/mol. The minimum Gasteiger partial charge on any atom is -0.489 e. The van der Waals surface area contributed by atoms with Crippen LogP contribution in [0.15, 0.2) is 23.8 Å². The molecule has 146 valence electrons. The quantitative estimate of drug-likeness (QED) is 0.784. The standard InChI is InChI=1S/C20H25ClN2O4/c1-20(2,3)27-19(25)23-10-8-13(9-11-23)12-26-16-6-5-15(21)18-14(16)4-7-17(24)22-18/h5-6,8H,4,7,9-12H2,1-3H3,(H,22,24). The van der Waals surface area contributed by atoms with E-state index in [-0.39, 0.29) is 12.0 Å². The number of fused-ring (bicyclic) bond motifs is 1. The lowest BCUT2D eigenvalue weighted by molar-refractivity contribution is -0.116. The van der Waals surface area contributed by atoms with Gasteiger partial charge in [0, 0.05) is 25.1 Å². The van der Waals surface area contributed by atoms with Crippen LogP contribution in [0.2, 0.25) is 5.02 Å². The van der Waals surface area contributed by atoms with Crippen LogP contribution in [-0.2, 0) is 16.0 Å². The fraction of sp³-hybridized carbons (Fsp3) is 0.500. The van der Waals surface area contributed by atoms with Crippen LogP contribution in [0, 0.1) is 0 Å². The molecule has 1 aromatic rings. The van der Waals surface area contributed by atoms with Crippen molar-refractivity contribution in [1.82, 2.24) is 4.90 Å². The molecule has 2 aliphatic heterocycles. The lowest BCUT2D eigenvalue weighted by atomic mass is 10.0. The van der Waals surface area contributed by atoms with Crippen molar-refractivity contribution in [2.75, 3.05) is 25.0 Å². The highest BCUT2D eigenvalue weighted by atomic mass is 35.5. The molecule has 7 heteroatoms. The maximum atomic E-state index is 12.1. The van der Waals surface area contributed by atoms with Crippen molar-refractivity contribution >= 4 is 29.3 Å². The van der Waals surface area contributed by atoms with Gasteiger partial charge < -0.3 is 19.7 Å². The van der Waals surface area contributed by atoms with Gasteiger partial charge in [0.25, 0.3) is 0 Å². The van der Waals surface area contributed by atoms with Crippen molar-refractivity contribution < 1.29 is 19.1 Å². The first-order valence-corrected chi connectivity index (χ1v) is 9.50. The second kappa shape index (κ2) is 7.80. The first kappa shape index (κ1) is 19.5. The van der Waals surface area contributed by atoms with Gasteiger partial charge in [-0.15, -0.1) is 0 Å². The Morgan fingerprint density at radius 3 is 2.70 bits per heavy atom. The first-order chi connectivity index (χ1) is 12.7. The molecular formula is C20H25ClN2O4. The number of benzene rings is 1. The van der Waals surface area contributed by atoms with E-state index >= 15 is 0 Å². The molecule has 27 heavy (non-hydrogen) atoms. The van der Waals surface area contributed by atoms with E-state index in [4.69, 9.17) is 21.1 Å². The van der Waals surface area contributed by atoms with Crippen LogP contribution in [0.3, 0.4) is 0 Å². The Morgan fingerprint density at radius 2 is 2.04 bits per heavy atom. The summed E-state index contributed by atoms with van der Waals surface area (Å²) in [5.74, 6) is 0.712. The van der Waals surface area contributed by atoms with Crippen LogP contribution in [0.25, 0.3) is 0 Å². The molecule has 2 amide bonds. The molecule has 0 saturated heterocycles. The van der Waals surface area contributed by atoms with Gasteiger partial charge in [0.2, 0.25) is 5.91 Å². The smallest absolute Gasteiger partial charge is 0.410 e. The van der Waals surface area contributed by atoms with E-state index in [2.05, 4.69) is 5.32 Å². The average Bonchev–Trinajstić information content (AvgIpc) is 2.60. The summed E-state index contributed by atoms with van der Waals surface area (Å²) in [6.07, 6.45) is 3.50. The summed E-state index contributed by atoms with van der Waals surface area (Å²) in [4.78, 5) is 25.4. The lowest BCUT2D eigenvalue weighted by Gasteiger charge is -2.29. The monoisotopic (exact) mass is 392 g/mol. The molecule has 0 atom stereocenters. The van der Waals surface area contributed by atoms with Crippen molar-refractivity contribution in [2.24, 2.45) is 0 Å². The normalized spacial score (nSPS) is 17.0. The van der Waals surface area contributed by atoms with E-state index in [0.717, 1.165) is 23.3 Å². The maximum absolute atomic E-state index is 12.1. The Hall–Kier alpha value is -2.21. The van der Waals surface area contributed by atoms with Gasteiger partial charge in [-0.3, -0.25) is 4.79 Å². The summed E-state index contributed by atoms with van der Waals surface area (Å²) in [7, 11) is 0. The van der Waals surface area contributed by atoms with Crippen LogP contribution in [0.1, 0.15) is 39.2 Å². The zero-order valence-corrected chi connectivity index (χ0v) is 16.7. The molecule has 1 N–H and O–H groups in total. The van der Waals surface area contributed by atoms with Crippen molar-refractivity contribution in [3.8, 4) is 5.75 Å². The second-order valence-electron chi connectivity index (χ2n) is 7.77. The number of nitrogens with zero attached hydrogens (tertiary/aromatic N) is 1. The molecule has 1 aromatic carbocycles. The van der Waals surface area contributed by atoms with E-state index in [1.165, 1.54) is 0 Å². The molecule has 0 radical (unpaired) electrons. The number of halogens is 1. The zero-order valence-electron chi connectivity index (χ0n) is 15.9. The summed E-state index contributed by atoms with van der Waals surface area (Å²) in [5.41, 5.74) is 2.24. The number of hydrogen-bond acceptors (Lipinski definition) is 4. The number of anilines is 1. The summed E-state index contributed by atoms with van der Waals surface area (Å²) in [5, 5.41) is 3.34. The minimum atomic E-state index is -0.493. The van der Waals surface area contributed by atoms with Crippen molar-refractivity contribution in [1.29, 1.82) is 0 Å². The highest BCUT2D eigenvalue weighted by molar-refractivity contribution is 6.34. The molecule has 0 aliphatic carbocycles. The van der Waals surface area contributed by atoms with Crippen molar-refractivity contribution in [3.63, 3.8) is 0 Å². The number of carbonyl (C=O) groups excluding carboxylic acids is 2. The van der Waals surface area contributed by atoms with Crippen LogP contribution < -0.4 is 10.1 Å². The van der Waals surface area contributed by atoms with E-state index < -0.39 is 5.60 Å². The predicted molar refractivity (Wildman–Crippen MR) is 104 cm³/mol. The molecule has 6 nitrogen and oxygen atoms in total. The highest BCUT2D eigenvalue weighted by Crippen LogP contribution is 2.37. The number of nitrogens with one attached hydrogen (secondary N) is 1. The number of carbonyl (C=O) groups is 2. The van der Waals surface area contributed by atoms with Crippen molar-refractivity contribution in [3.05, 3.63) is 34.4 Å². The number of ether oxygens (including phenoxy) is 2. The van der Waals surface area contributed by atoms with Crippen LogP contribution in [0.4, 0.5) is 10.5 Å². The molecule has 0 unspecified atom stereocenters. The molecule has 2 aliphatic rings. The summed E-state index contributed by atoms with van der Waals surface area (Å²) in [6, 6.07) is 3.58. The Morgan fingerprint density at radius 1 is 1.26 bits per heavy atom. The van der Waals surface area contributed by atoms with Gasteiger partial charge in [-0.05, 0) is 51.3 Å². The molecule has 0 fully saturated rings. The Balaban J connectivity index is 1.60. The van der Waals surface area contributed by atoms with Gasteiger partial charge in [0.15, 0.2) is 0 Å². The topological polar surface area (TPSA) is 67.9 Å². The predicted octanol–water partition coefficient (Wildman–Crippen LogP) is 4.17. The summed E-state index contributed by atoms with van der Waals surface area (Å²) >= 11 is 6.19. The Kier molecular flexibility index (Phi) is 5.65. The van der Waals surface area contributed by atoms with Crippen molar-refractivity contribution in [2.45, 2.75) is 45.6 Å². The Labute approximate surface area is 164 Å². The maximum Gasteiger partial charge on any atom is 0.410 e. The van der Waals surface area contributed by atoms with Crippen LogP contribution in [-0.4, -0.2) is 42.2 Å². The molecule has 0 spiro atoms. The molecule has 0 saturated carbocycles. The number of rotatable bonds is 3. The van der Waals surface area contributed by atoms with Gasteiger partial charge >= 0.3 is 6.09 Å². The average molecular weight is 393 g/mol. The van der Waals surface area contributed by atoms with Crippen LogP contribution in [0.5, 0.6) is 5.75 Å². The largest absolute Gasteiger partial charge is 0.489 e. The first-order valence-electron chi connectivity index (χ1n) is 9.13. The summed E-state index contributed by atoms with van der Waals surface area (Å²) < 4.78 is 11.4. The molecule has 0 bridgehead atoms. The second-order valence-corrected chi connectivity index (χ2v) is 8.18. The third-order valence-corrected chi connectivity index (χ3v) is 4.77. The number of hydrogen-bond donors (Lipinski definition) is 1. The molecule has 2 heterocycles. The van der Waals surface area contributed by atoms with E-state index in [1.807, 2.05) is 32.9 Å². The van der Waals surface area contributed by atoms with Gasteiger partial charge in [0.05, 0.1) is 10.7 Å². The molecule has 0 aromatic heterocycles. The Bertz CT molecular complexity index is 783. The fourth-order valence-corrected chi connectivity index (χ4v) is 3.29. The number of amides is 2. The zero-order chi connectivity index (χ0) is 19.6. The van der Waals surface area contributed by atoms with Gasteiger partial charge in [-0.2, -0.15) is 0 Å². The SMILES string of the molecule is CC(C)(C)OC(=O)N1CC=C(COc2ccc(Cl)c3c2CCC(=O)N3)CC1. The lowest BCUT2D eigenvalue weighted by Crippen LogP contribution is -2.39. The minimum absolute atomic E-state index is 0.0289. The third kappa shape index (κ3) is 4.95. The highest BCUT2D eigenvalue weighted by Gasteiger charge is 2.24. The fourth-order valence-electron chi connectivity index (χ4n) is 3.06. The van der Waals surface area contributed by atoms with E-state index in [0.29, 0.717) is 43.2 Å². The third-order valence-electron chi connectivity index (χ3n) is 4.45. The van der Waals surface area contributed by atoms with Gasteiger partial charge in [0.1, 0.15) is 18.0 Å². The van der Waals surface area contributed by atoms with E-state index in [9.17, 15) is 9.59 Å². The van der Waals surface area contributed by atoms with Gasteiger partial charge in [-0.1, -0.05) is 17.7 Å². The van der Waals surface area contributed by atoms with Gasteiger partial charge in [-0.25, -0.2) is 4.79 Å². The molecule has 3 rings (SSSR count). The summed E-state index contributed by atoms with van der Waals surface area (Å²) in [6.45, 7) is 7.16. The van der Waals surface area contributed by atoms with Crippen LogP contribution >= 0.6 is 11.6 Å².